The van der Waals surface area contributed by atoms with Gasteiger partial charge < -0.3 is 4.90 Å². The Kier molecular flexibility index (Phi) is 5.88. The van der Waals surface area contributed by atoms with Gasteiger partial charge in [-0.3, -0.25) is 4.79 Å². The first-order valence-corrected chi connectivity index (χ1v) is 10.6. The van der Waals surface area contributed by atoms with Crippen molar-refractivity contribution in [3.8, 4) is 0 Å². The van der Waals surface area contributed by atoms with Crippen LogP contribution in [0.2, 0.25) is 0 Å². The minimum absolute atomic E-state index is 0.0619. The van der Waals surface area contributed by atoms with E-state index >= 15 is 0 Å². The van der Waals surface area contributed by atoms with Gasteiger partial charge in [-0.25, -0.2) is 8.42 Å². The number of nitrogens with zero attached hydrogens (tertiary/aromatic N) is 2. The van der Waals surface area contributed by atoms with Crippen LogP contribution in [0.5, 0.6) is 0 Å². The summed E-state index contributed by atoms with van der Waals surface area (Å²) in [6, 6.07) is 2.03. The minimum Gasteiger partial charge on any atom is -0.340 e. The number of carbonyl (C=O) groups is 1. The molecule has 26 heavy (non-hydrogen) atoms. The lowest BCUT2D eigenvalue weighted by atomic mass is 9.91. The molecule has 0 saturated carbocycles. The van der Waals surface area contributed by atoms with Crippen molar-refractivity contribution >= 4 is 15.9 Å². The van der Waals surface area contributed by atoms with Gasteiger partial charge in [0.05, 0.1) is 4.90 Å². The molecule has 1 heterocycles. The number of carbonyl (C=O) groups excluding carboxylic acids is 1. The lowest BCUT2D eigenvalue weighted by Crippen LogP contribution is -2.51. The Morgan fingerprint density at radius 3 is 1.85 bits per heavy atom. The number of piperazine rings is 1. The van der Waals surface area contributed by atoms with E-state index in [1.165, 1.54) is 4.31 Å². The number of aryl methyl sites for hydroxylation is 2. The van der Waals surface area contributed by atoms with Crippen LogP contribution in [0.15, 0.2) is 11.0 Å². The molecule has 0 radical (unpaired) electrons. The largest absolute Gasteiger partial charge is 0.340 e. The van der Waals surface area contributed by atoms with Crippen molar-refractivity contribution < 1.29 is 13.2 Å². The van der Waals surface area contributed by atoms with Crippen molar-refractivity contribution in [1.82, 2.24) is 9.21 Å². The Balaban J connectivity index is 2.21. The standard InChI is InChI=1S/C20H32N2O3S/c1-14-12-15(2)17(4)19(16(14)3)26(24,25)22-10-8-21(9-11-22)18(23)13-20(5,6)7/h12H,8-11,13H2,1-7H3. The van der Waals surface area contributed by atoms with E-state index in [2.05, 4.69) is 0 Å². The summed E-state index contributed by atoms with van der Waals surface area (Å²) in [6.45, 7) is 15.4. The Hall–Kier alpha value is -1.40. The maximum absolute atomic E-state index is 13.3. The van der Waals surface area contributed by atoms with Gasteiger partial charge in [0.2, 0.25) is 15.9 Å². The highest BCUT2D eigenvalue weighted by molar-refractivity contribution is 7.89. The number of amides is 1. The molecule has 1 aliphatic rings. The molecule has 0 aromatic heterocycles. The van der Waals surface area contributed by atoms with E-state index in [4.69, 9.17) is 0 Å². The van der Waals surface area contributed by atoms with Gasteiger partial charge in [-0.15, -0.1) is 0 Å². The Morgan fingerprint density at radius 2 is 1.42 bits per heavy atom. The second kappa shape index (κ2) is 7.31. The summed E-state index contributed by atoms with van der Waals surface area (Å²) in [5.41, 5.74) is 3.56. The van der Waals surface area contributed by atoms with Crippen molar-refractivity contribution in [1.29, 1.82) is 0 Å². The van der Waals surface area contributed by atoms with Crippen LogP contribution < -0.4 is 0 Å². The van der Waals surface area contributed by atoms with Gasteiger partial charge >= 0.3 is 0 Å². The van der Waals surface area contributed by atoms with Crippen LogP contribution >= 0.6 is 0 Å². The van der Waals surface area contributed by atoms with Crippen LogP contribution in [0.4, 0.5) is 0 Å². The quantitative estimate of drug-likeness (QED) is 0.809. The van der Waals surface area contributed by atoms with Crippen molar-refractivity contribution in [2.45, 2.75) is 59.8 Å². The highest BCUT2D eigenvalue weighted by Gasteiger charge is 2.33. The Bertz CT molecular complexity index is 773. The predicted molar refractivity (Wildman–Crippen MR) is 105 cm³/mol. The second-order valence-corrected chi connectivity index (χ2v) is 10.5. The molecule has 0 atom stereocenters. The average Bonchev–Trinajstić information content (AvgIpc) is 2.51. The molecule has 0 aliphatic carbocycles. The van der Waals surface area contributed by atoms with Crippen LogP contribution in [0, 0.1) is 33.1 Å². The zero-order chi connectivity index (χ0) is 19.9. The fourth-order valence-corrected chi connectivity index (χ4v) is 5.44. The van der Waals surface area contributed by atoms with E-state index in [0.717, 1.165) is 22.3 Å². The third kappa shape index (κ3) is 4.29. The third-order valence-corrected chi connectivity index (χ3v) is 7.34. The first kappa shape index (κ1) is 20.9. The topological polar surface area (TPSA) is 57.7 Å². The highest BCUT2D eigenvalue weighted by atomic mass is 32.2. The molecule has 1 aromatic rings. The van der Waals surface area contributed by atoms with Crippen molar-refractivity contribution in [2.24, 2.45) is 5.41 Å². The Labute approximate surface area is 158 Å². The average molecular weight is 381 g/mol. The van der Waals surface area contributed by atoms with E-state index in [1.807, 2.05) is 54.5 Å². The lowest BCUT2D eigenvalue weighted by Gasteiger charge is -2.36. The molecule has 6 heteroatoms. The maximum Gasteiger partial charge on any atom is 0.243 e. The molecule has 1 saturated heterocycles. The summed E-state index contributed by atoms with van der Waals surface area (Å²) in [7, 11) is -3.56. The number of hydrogen-bond donors (Lipinski definition) is 0. The summed E-state index contributed by atoms with van der Waals surface area (Å²) >= 11 is 0. The summed E-state index contributed by atoms with van der Waals surface area (Å²) in [6.07, 6.45) is 0.481. The van der Waals surface area contributed by atoms with E-state index in [1.54, 1.807) is 4.90 Å². The van der Waals surface area contributed by atoms with E-state index in [0.29, 0.717) is 37.5 Å². The fraction of sp³-hybridized carbons (Fsp3) is 0.650. The number of benzene rings is 1. The van der Waals surface area contributed by atoms with Gasteiger partial charge in [-0.05, 0) is 55.4 Å². The fourth-order valence-electron chi connectivity index (χ4n) is 3.44. The van der Waals surface area contributed by atoms with Crippen molar-refractivity contribution in [3.63, 3.8) is 0 Å². The summed E-state index contributed by atoms with van der Waals surface area (Å²) in [5, 5.41) is 0. The summed E-state index contributed by atoms with van der Waals surface area (Å²) < 4.78 is 28.1. The molecule has 0 N–H and O–H groups in total. The molecule has 0 unspecified atom stereocenters. The molecule has 1 amide bonds. The number of rotatable bonds is 3. The summed E-state index contributed by atoms with van der Waals surface area (Å²) in [5.74, 6) is 0.105. The SMILES string of the molecule is Cc1cc(C)c(C)c(S(=O)(=O)N2CCN(C(=O)CC(C)(C)C)CC2)c1C. The molecule has 5 nitrogen and oxygen atoms in total. The zero-order valence-corrected chi connectivity index (χ0v) is 18.0. The monoisotopic (exact) mass is 380 g/mol. The van der Waals surface area contributed by atoms with E-state index in [-0.39, 0.29) is 11.3 Å². The first-order chi connectivity index (χ1) is 11.8. The van der Waals surface area contributed by atoms with Gasteiger partial charge in [0.15, 0.2) is 0 Å². The predicted octanol–water partition coefficient (Wildman–Crippen LogP) is 3.19. The molecule has 1 fully saturated rings. The van der Waals surface area contributed by atoms with Gasteiger partial charge in [0.1, 0.15) is 0 Å². The molecule has 0 bridgehead atoms. The van der Waals surface area contributed by atoms with E-state index < -0.39 is 10.0 Å². The smallest absolute Gasteiger partial charge is 0.243 e. The van der Waals surface area contributed by atoms with Crippen molar-refractivity contribution in [2.75, 3.05) is 26.2 Å². The normalized spacial score (nSPS) is 16.8. The molecule has 1 aromatic carbocycles. The number of hydrogen-bond acceptors (Lipinski definition) is 3. The van der Waals surface area contributed by atoms with Crippen LogP contribution in [0.1, 0.15) is 49.4 Å². The van der Waals surface area contributed by atoms with Gasteiger partial charge in [-0.2, -0.15) is 4.31 Å². The van der Waals surface area contributed by atoms with Crippen LogP contribution in [0.25, 0.3) is 0 Å². The van der Waals surface area contributed by atoms with Gasteiger partial charge in [0, 0.05) is 32.6 Å². The van der Waals surface area contributed by atoms with Crippen LogP contribution in [0.3, 0.4) is 0 Å². The first-order valence-electron chi connectivity index (χ1n) is 9.20. The molecule has 2 rings (SSSR count). The van der Waals surface area contributed by atoms with Crippen LogP contribution in [-0.2, 0) is 14.8 Å². The zero-order valence-electron chi connectivity index (χ0n) is 17.1. The third-order valence-electron chi connectivity index (χ3n) is 5.17. The van der Waals surface area contributed by atoms with Gasteiger partial charge in [0.25, 0.3) is 0 Å². The molecule has 0 spiro atoms. The van der Waals surface area contributed by atoms with Gasteiger partial charge in [-0.1, -0.05) is 26.8 Å². The number of sulfonamides is 1. The van der Waals surface area contributed by atoms with E-state index in [9.17, 15) is 13.2 Å². The Morgan fingerprint density at radius 1 is 0.962 bits per heavy atom. The maximum atomic E-state index is 13.3. The second-order valence-electron chi connectivity index (χ2n) is 8.61. The van der Waals surface area contributed by atoms with Crippen molar-refractivity contribution in [3.05, 3.63) is 28.3 Å². The molecule has 146 valence electrons. The minimum atomic E-state index is -3.56. The van der Waals surface area contributed by atoms with Crippen LogP contribution in [-0.4, -0.2) is 49.7 Å². The lowest BCUT2D eigenvalue weighted by molar-refractivity contribution is -0.134. The summed E-state index contributed by atoms with van der Waals surface area (Å²) in [4.78, 5) is 14.6. The molecular formula is C20H32N2O3S. The molecular weight excluding hydrogens is 348 g/mol. The highest BCUT2D eigenvalue weighted by Crippen LogP contribution is 2.29. The molecule has 1 aliphatic heterocycles.